The highest BCUT2D eigenvalue weighted by molar-refractivity contribution is 7.98. The lowest BCUT2D eigenvalue weighted by Crippen LogP contribution is -1.99. The molecular weight excluding hydrogens is 242 g/mol. The molecule has 0 aliphatic rings. The van der Waals surface area contributed by atoms with Gasteiger partial charge in [-0.1, -0.05) is 6.07 Å². The van der Waals surface area contributed by atoms with Crippen molar-refractivity contribution >= 4 is 29.0 Å². The zero-order valence-corrected chi connectivity index (χ0v) is 11.4. The van der Waals surface area contributed by atoms with Gasteiger partial charge in [0.15, 0.2) is 0 Å². The summed E-state index contributed by atoms with van der Waals surface area (Å²) in [5.74, 6) is 0.892. The van der Waals surface area contributed by atoms with Gasteiger partial charge in [0.05, 0.1) is 0 Å². The number of rotatable bonds is 5. The van der Waals surface area contributed by atoms with Gasteiger partial charge in [0.25, 0.3) is 0 Å². The highest BCUT2D eigenvalue weighted by Gasteiger charge is 1.98. The van der Waals surface area contributed by atoms with Crippen LogP contribution in [0.2, 0.25) is 0 Å². The minimum atomic E-state index is 0.873. The number of thioether (sulfide) groups is 1. The zero-order chi connectivity index (χ0) is 12.8. The molecule has 0 fully saturated rings. The monoisotopic (exact) mass is 259 g/mol. The standard InChI is InChI=1S/C14H17N3S/c1-3-15-14-10-12(7-8-16-14)17-11-5-4-6-13(9-11)18-2/h4-10H,3H2,1-2H3,(H2,15,16,17). The summed E-state index contributed by atoms with van der Waals surface area (Å²) in [6.45, 7) is 2.93. The van der Waals surface area contributed by atoms with Crippen molar-refractivity contribution in [1.82, 2.24) is 4.98 Å². The molecule has 0 unspecified atom stereocenters. The summed E-state index contributed by atoms with van der Waals surface area (Å²) >= 11 is 1.74. The van der Waals surface area contributed by atoms with Crippen molar-refractivity contribution < 1.29 is 0 Å². The first-order valence-corrected chi connectivity index (χ1v) is 7.15. The Morgan fingerprint density at radius 3 is 2.78 bits per heavy atom. The van der Waals surface area contributed by atoms with E-state index in [0.717, 1.165) is 23.7 Å². The summed E-state index contributed by atoms with van der Waals surface area (Å²) in [5, 5.41) is 6.59. The lowest BCUT2D eigenvalue weighted by Gasteiger charge is -2.09. The van der Waals surface area contributed by atoms with E-state index in [4.69, 9.17) is 0 Å². The first-order chi connectivity index (χ1) is 8.81. The molecule has 2 aromatic rings. The van der Waals surface area contributed by atoms with Crippen LogP contribution in [0.5, 0.6) is 0 Å². The number of hydrogen-bond donors (Lipinski definition) is 2. The van der Waals surface area contributed by atoms with E-state index in [9.17, 15) is 0 Å². The van der Waals surface area contributed by atoms with Crippen LogP contribution >= 0.6 is 11.8 Å². The number of hydrogen-bond acceptors (Lipinski definition) is 4. The van der Waals surface area contributed by atoms with Crippen LogP contribution in [0.4, 0.5) is 17.2 Å². The van der Waals surface area contributed by atoms with Gasteiger partial charge in [-0.3, -0.25) is 0 Å². The fourth-order valence-corrected chi connectivity index (χ4v) is 2.11. The zero-order valence-electron chi connectivity index (χ0n) is 10.6. The molecule has 1 aromatic heterocycles. The predicted octanol–water partition coefficient (Wildman–Crippen LogP) is 3.98. The second kappa shape index (κ2) is 6.31. The highest BCUT2D eigenvalue weighted by Crippen LogP contribution is 2.23. The van der Waals surface area contributed by atoms with Crippen LogP contribution in [-0.2, 0) is 0 Å². The topological polar surface area (TPSA) is 37.0 Å². The van der Waals surface area contributed by atoms with E-state index >= 15 is 0 Å². The lowest BCUT2D eigenvalue weighted by atomic mass is 10.3. The van der Waals surface area contributed by atoms with Crippen molar-refractivity contribution in [3.8, 4) is 0 Å². The van der Waals surface area contributed by atoms with Crippen molar-refractivity contribution in [2.45, 2.75) is 11.8 Å². The van der Waals surface area contributed by atoms with Crippen LogP contribution in [0.1, 0.15) is 6.92 Å². The maximum atomic E-state index is 4.25. The number of nitrogens with one attached hydrogen (secondary N) is 2. The molecule has 0 spiro atoms. The molecule has 94 valence electrons. The molecule has 0 atom stereocenters. The quantitative estimate of drug-likeness (QED) is 0.796. The maximum Gasteiger partial charge on any atom is 0.127 e. The van der Waals surface area contributed by atoms with E-state index in [1.54, 1.807) is 18.0 Å². The maximum absolute atomic E-state index is 4.25. The van der Waals surface area contributed by atoms with Gasteiger partial charge >= 0.3 is 0 Å². The molecule has 0 aliphatic carbocycles. The van der Waals surface area contributed by atoms with Crippen molar-refractivity contribution in [3.63, 3.8) is 0 Å². The number of nitrogens with zero attached hydrogens (tertiary/aromatic N) is 1. The Balaban J connectivity index is 2.14. The average Bonchev–Trinajstić information content (AvgIpc) is 2.40. The van der Waals surface area contributed by atoms with E-state index in [1.165, 1.54) is 4.90 Å². The molecule has 3 nitrogen and oxygen atoms in total. The Kier molecular flexibility index (Phi) is 4.47. The van der Waals surface area contributed by atoms with Gasteiger partial charge in [-0.2, -0.15) is 0 Å². The van der Waals surface area contributed by atoms with Gasteiger partial charge < -0.3 is 10.6 Å². The molecule has 2 N–H and O–H groups in total. The summed E-state index contributed by atoms with van der Waals surface area (Å²) in [6, 6.07) is 12.3. The Hall–Kier alpha value is -1.68. The van der Waals surface area contributed by atoms with Crippen molar-refractivity contribution in [3.05, 3.63) is 42.6 Å². The Morgan fingerprint density at radius 1 is 1.17 bits per heavy atom. The highest BCUT2D eigenvalue weighted by atomic mass is 32.2. The fraction of sp³-hybridized carbons (Fsp3) is 0.214. The van der Waals surface area contributed by atoms with E-state index in [-0.39, 0.29) is 0 Å². The SMILES string of the molecule is CCNc1cc(Nc2cccc(SC)c2)ccn1. The van der Waals surface area contributed by atoms with Crippen LogP contribution in [0, 0.1) is 0 Å². The molecule has 0 amide bonds. The third kappa shape index (κ3) is 3.40. The first-order valence-electron chi connectivity index (χ1n) is 5.93. The molecule has 0 radical (unpaired) electrons. The lowest BCUT2D eigenvalue weighted by molar-refractivity contribution is 1.16. The van der Waals surface area contributed by atoms with Gasteiger partial charge in [-0.25, -0.2) is 4.98 Å². The molecule has 0 bridgehead atoms. The second-order valence-corrected chi connectivity index (χ2v) is 4.70. The molecule has 1 aromatic carbocycles. The molecule has 0 aliphatic heterocycles. The molecule has 0 saturated carbocycles. The molecule has 0 saturated heterocycles. The molecular formula is C14H17N3S. The van der Waals surface area contributed by atoms with Crippen molar-refractivity contribution in [2.75, 3.05) is 23.4 Å². The Labute approximate surface area is 112 Å². The summed E-state index contributed by atoms with van der Waals surface area (Å²) in [6.07, 6.45) is 3.88. The summed E-state index contributed by atoms with van der Waals surface area (Å²) < 4.78 is 0. The molecule has 2 rings (SSSR count). The van der Waals surface area contributed by atoms with Crippen LogP contribution in [0.25, 0.3) is 0 Å². The fourth-order valence-electron chi connectivity index (χ4n) is 1.65. The largest absolute Gasteiger partial charge is 0.370 e. The first kappa shape index (κ1) is 12.8. The second-order valence-electron chi connectivity index (χ2n) is 3.82. The third-order valence-corrected chi connectivity index (χ3v) is 3.20. The molecule has 18 heavy (non-hydrogen) atoms. The van der Waals surface area contributed by atoms with E-state index < -0.39 is 0 Å². The van der Waals surface area contributed by atoms with Crippen LogP contribution < -0.4 is 10.6 Å². The Morgan fingerprint density at radius 2 is 2.00 bits per heavy atom. The van der Waals surface area contributed by atoms with Gasteiger partial charge in [0.1, 0.15) is 5.82 Å². The van der Waals surface area contributed by atoms with E-state index in [0.29, 0.717) is 0 Å². The average molecular weight is 259 g/mol. The van der Waals surface area contributed by atoms with Gasteiger partial charge in [0, 0.05) is 35.1 Å². The number of anilines is 3. The number of aromatic nitrogens is 1. The Bertz CT molecular complexity index is 514. The molecule has 1 heterocycles. The van der Waals surface area contributed by atoms with Crippen molar-refractivity contribution in [2.24, 2.45) is 0 Å². The number of pyridine rings is 1. The molecule has 4 heteroatoms. The normalized spacial score (nSPS) is 10.1. The van der Waals surface area contributed by atoms with Crippen LogP contribution in [0.15, 0.2) is 47.5 Å². The van der Waals surface area contributed by atoms with Crippen LogP contribution in [-0.4, -0.2) is 17.8 Å². The minimum Gasteiger partial charge on any atom is -0.370 e. The minimum absolute atomic E-state index is 0.873. The summed E-state index contributed by atoms with van der Waals surface area (Å²) in [5.41, 5.74) is 2.13. The van der Waals surface area contributed by atoms with Gasteiger partial charge in [-0.15, -0.1) is 11.8 Å². The van der Waals surface area contributed by atoms with Crippen LogP contribution in [0.3, 0.4) is 0 Å². The smallest absolute Gasteiger partial charge is 0.127 e. The summed E-state index contributed by atoms with van der Waals surface area (Å²) in [7, 11) is 0. The number of benzene rings is 1. The third-order valence-electron chi connectivity index (χ3n) is 2.48. The van der Waals surface area contributed by atoms with E-state index in [2.05, 4.69) is 53.1 Å². The van der Waals surface area contributed by atoms with Gasteiger partial charge in [0.2, 0.25) is 0 Å². The van der Waals surface area contributed by atoms with E-state index in [1.807, 2.05) is 12.1 Å². The van der Waals surface area contributed by atoms with Crippen molar-refractivity contribution in [1.29, 1.82) is 0 Å². The summed E-state index contributed by atoms with van der Waals surface area (Å²) in [4.78, 5) is 5.50. The predicted molar refractivity (Wildman–Crippen MR) is 79.9 cm³/mol. The van der Waals surface area contributed by atoms with Gasteiger partial charge in [-0.05, 0) is 37.4 Å².